The SMILES string of the molecule is Cc1cc(C(C)(C)C)ccc1N(c1ccc2c(c1)N(c1ccc3c(c1)C1(CCCCC1)c1ccccc1-3)c1cc(C3CCCCC3)cc3c1B2c1oc2cc4c(cc2c1N3c1ccc(C2CCCCC2)cc1)C(C)(C)CCC4(C)C)c1ccc(C(C)(C)C)cc1C. The Hall–Kier alpha value is -7.24. The molecule has 464 valence electrons. The van der Waals surface area contributed by atoms with Gasteiger partial charge in [-0.25, -0.2) is 0 Å². The summed E-state index contributed by atoms with van der Waals surface area (Å²) in [5.74, 6) is 1.08. The van der Waals surface area contributed by atoms with Crippen LogP contribution in [0.25, 0.3) is 22.1 Å². The Kier molecular flexibility index (Phi) is 13.8. The molecular formula is C86H96BN3O. The maximum absolute atomic E-state index is 7.91. The highest BCUT2D eigenvalue weighted by Crippen LogP contribution is 2.59. The van der Waals surface area contributed by atoms with E-state index in [0.717, 1.165) is 29.8 Å². The predicted octanol–water partition coefficient (Wildman–Crippen LogP) is 22.9. The highest BCUT2D eigenvalue weighted by atomic mass is 16.3. The highest BCUT2D eigenvalue weighted by Gasteiger charge is 2.50. The summed E-state index contributed by atoms with van der Waals surface area (Å²) in [6.07, 6.45) is 21.3. The van der Waals surface area contributed by atoms with E-state index in [1.165, 1.54) is 225 Å². The smallest absolute Gasteiger partial charge is 0.297 e. The Bertz CT molecular complexity index is 4300. The van der Waals surface area contributed by atoms with Gasteiger partial charge in [0, 0.05) is 56.3 Å². The minimum absolute atomic E-state index is 0.0100. The average molecular weight is 1200 g/mol. The normalized spacial score (nSPS) is 19.0. The molecule has 5 aliphatic carbocycles. The summed E-state index contributed by atoms with van der Waals surface area (Å²) in [4.78, 5) is 8.08. The minimum Gasteiger partial charge on any atom is -0.468 e. The molecule has 0 unspecified atom stereocenters. The molecule has 0 N–H and O–H groups in total. The van der Waals surface area contributed by atoms with Gasteiger partial charge in [-0.1, -0.05) is 200 Å². The van der Waals surface area contributed by atoms with Crippen molar-refractivity contribution in [1.29, 1.82) is 0 Å². The summed E-state index contributed by atoms with van der Waals surface area (Å²) in [5, 5.41) is 1.23. The largest absolute Gasteiger partial charge is 0.468 e. The molecule has 1 spiro atoms. The van der Waals surface area contributed by atoms with Crippen LogP contribution >= 0.6 is 0 Å². The van der Waals surface area contributed by atoms with E-state index in [1.807, 2.05) is 0 Å². The molecule has 3 saturated carbocycles. The van der Waals surface area contributed by atoms with Crippen molar-refractivity contribution in [1.82, 2.24) is 0 Å². The van der Waals surface area contributed by atoms with E-state index < -0.39 is 0 Å². The average Bonchev–Trinajstić information content (AvgIpc) is 1.68. The fraction of sp³-hybridized carbons (Fsp3) is 0.419. The fourth-order valence-corrected chi connectivity index (χ4v) is 18.7. The van der Waals surface area contributed by atoms with Gasteiger partial charge in [0.15, 0.2) is 0 Å². The van der Waals surface area contributed by atoms with Crippen LogP contribution in [0.2, 0.25) is 0 Å². The maximum atomic E-state index is 7.91. The number of hydrogen-bond donors (Lipinski definition) is 0. The second-order valence-electron chi connectivity index (χ2n) is 32.8. The Morgan fingerprint density at radius 1 is 0.473 bits per heavy atom. The molecule has 3 heterocycles. The summed E-state index contributed by atoms with van der Waals surface area (Å²) in [7, 11) is 0. The predicted molar refractivity (Wildman–Crippen MR) is 388 cm³/mol. The lowest BCUT2D eigenvalue weighted by Gasteiger charge is -2.44. The van der Waals surface area contributed by atoms with Crippen LogP contribution in [0.15, 0.2) is 150 Å². The zero-order chi connectivity index (χ0) is 62.7. The summed E-state index contributed by atoms with van der Waals surface area (Å²) in [6.45, 7) is 28.4. The van der Waals surface area contributed by atoms with Crippen LogP contribution < -0.4 is 31.3 Å². The lowest BCUT2D eigenvalue weighted by molar-refractivity contribution is 0.332. The van der Waals surface area contributed by atoms with Crippen molar-refractivity contribution in [2.45, 2.75) is 231 Å². The van der Waals surface area contributed by atoms with E-state index >= 15 is 0 Å². The molecule has 0 bridgehead atoms. The van der Waals surface area contributed by atoms with Gasteiger partial charge in [0.2, 0.25) is 0 Å². The number of rotatable bonds is 7. The van der Waals surface area contributed by atoms with Crippen LogP contribution in [0.1, 0.15) is 246 Å². The van der Waals surface area contributed by atoms with Gasteiger partial charge in [0.25, 0.3) is 6.71 Å². The molecule has 5 heteroatoms. The van der Waals surface area contributed by atoms with Crippen molar-refractivity contribution in [2.75, 3.05) is 14.7 Å². The zero-order valence-corrected chi connectivity index (χ0v) is 56.9. The third-order valence-corrected chi connectivity index (χ3v) is 24.0. The molecular weight excluding hydrogens is 1100 g/mol. The van der Waals surface area contributed by atoms with Gasteiger partial charge in [-0.3, -0.25) is 0 Å². The molecule has 0 amide bonds. The van der Waals surface area contributed by atoms with Crippen LogP contribution in [0.3, 0.4) is 0 Å². The Morgan fingerprint density at radius 2 is 1.03 bits per heavy atom. The van der Waals surface area contributed by atoms with E-state index in [0.29, 0.717) is 11.8 Å². The van der Waals surface area contributed by atoms with E-state index in [9.17, 15) is 0 Å². The molecule has 0 radical (unpaired) electrons. The van der Waals surface area contributed by atoms with E-state index in [-0.39, 0.29) is 33.8 Å². The first kappa shape index (κ1) is 58.8. The second kappa shape index (κ2) is 21.4. The minimum atomic E-state index is -0.179. The van der Waals surface area contributed by atoms with Crippen molar-refractivity contribution in [3.8, 4) is 11.1 Å². The summed E-state index contributed by atoms with van der Waals surface area (Å²) < 4.78 is 7.91. The molecule has 2 aliphatic heterocycles. The van der Waals surface area contributed by atoms with Gasteiger partial charge in [0.05, 0.1) is 11.3 Å². The number of aryl methyl sites for hydroxylation is 2. The summed E-state index contributed by atoms with van der Waals surface area (Å²) in [5.41, 5.74) is 32.8. The number of fused-ring (bicyclic) bond motifs is 12. The molecule has 9 aromatic rings. The lowest BCUT2D eigenvalue weighted by atomic mass is 9.35. The molecule has 0 atom stereocenters. The first-order valence-corrected chi connectivity index (χ1v) is 35.6. The van der Waals surface area contributed by atoms with Crippen LogP contribution in [-0.4, -0.2) is 6.71 Å². The topological polar surface area (TPSA) is 22.9 Å². The molecule has 1 aromatic heterocycles. The van der Waals surface area contributed by atoms with Crippen LogP contribution in [0.4, 0.5) is 51.2 Å². The lowest BCUT2D eigenvalue weighted by Crippen LogP contribution is -2.61. The van der Waals surface area contributed by atoms with Crippen LogP contribution in [0, 0.1) is 13.8 Å². The third-order valence-electron chi connectivity index (χ3n) is 24.0. The number of furan rings is 1. The zero-order valence-electron chi connectivity index (χ0n) is 56.9. The van der Waals surface area contributed by atoms with Crippen LogP contribution in [0.5, 0.6) is 0 Å². The molecule has 7 aliphatic rings. The summed E-state index contributed by atoms with van der Waals surface area (Å²) >= 11 is 0. The van der Waals surface area contributed by atoms with Gasteiger partial charge in [0.1, 0.15) is 5.58 Å². The first-order valence-electron chi connectivity index (χ1n) is 35.6. The van der Waals surface area contributed by atoms with Gasteiger partial charge in [-0.2, -0.15) is 0 Å². The van der Waals surface area contributed by atoms with Gasteiger partial charge < -0.3 is 19.1 Å². The first-order chi connectivity index (χ1) is 43.7. The monoisotopic (exact) mass is 1200 g/mol. The highest BCUT2D eigenvalue weighted by molar-refractivity contribution is 7.00. The van der Waals surface area contributed by atoms with Gasteiger partial charge >= 0.3 is 0 Å². The van der Waals surface area contributed by atoms with Crippen molar-refractivity contribution < 1.29 is 4.42 Å². The van der Waals surface area contributed by atoms with Crippen molar-refractivity contribution in [3.05, 3.63) is 201 Å². The third kappa shape index (κ3) is 9.47. The number of anilines is 9. The molecule has 4 nitrogen and oxygen atoms in total. The van der Waals surface area contributed by atoms with Crippen molar-refractivity contribution in [3.63, 3.8) is 0 Å². The molecule has 3 fully saturated rings. The molecule has 0 saturated heterocycles. The standard InChI is InChI=1S/C86H96BN3O/c1-54-46-60(82(3,4)5)32-40-73(54)88(74-41-33-61(47-55(74)2)83(6,7)8)64-37-39-72-75(51-64)89(63-36-38-66-65-28-20-21-29-68(65)86(69(66)50-63)42-22-15-23-43-86)76-48-59(57-26-18-14-19-27-57)49-77-79(76)87(72)81-80(90(77)62-34-30-58(31-35-62)56-24-16-13-17-25-56)67-52-70-71(53-78(67)91-81)85(11,12)45-44-84(70,9)10/h20-21,28-41,46-53,56-57H,13-19,22-27,42-45H2,1-12H3. The molecule has 8 aromatic carbocycles. The van der Waals surface area contributed by atoms with E-state index in [1.54, 1.807) is 0 Å². The van der Waals surface area contributed by atoms with Crippen molar-refractivity contribution in [2.24, 2.45) is 0 Å². The van der Waals surface area contributed by atoms with Crippen molar-refractivity contribution >= 4 is 85.5 Å². The summed E-state index contributed by atoms with van der Waals surface area (Å²) in [6, 6.07) is 59.7. The second-order valence-corrected chi connectivity index (χ2v) is 32.8. The molecule has 91 heavy (non-hydrogen) atoms. The van der Waals surface area contributed by atoms with Gasteiger partial charge in [-0.15, -0.1) is 0 Å². The number of benzene rings is 8. The Balaban J connectivity index is 1.00. The van der Waals surface area contributed by atoms with Gasteiger partial charge in [-0.05, 0) is 249 Å². The Labute approximate surface area is 545 Å². The maximum Gasteiger partial charge on any atom is 0.297 e. The van der Waals surface area contributed by atoms with Crippen LogP contribution in [-0.2, 0) is 27.1 Å². The van der Waals surface area contributed by atoms with E-state index in [2.05, 4.69) is 243 Å². The fourth-order valence-electron chi connectivity index (χ4n) is 18.7. The number of nitrogens with zero attached hydrogens (tertiary/aromatic N) is 3. The Morgan fingerprint density at radius 3 is 1.65 bits per heavy atom. The quantitative estimate of drug-likeness (QED) is 0.148. The molecule has 16 rings (SSSR count). The number of hydrogen-bond acceptors (Lipinski definition) is 4. The van der Waals surface area contributed by atoms with E-state index in [4.69, 9.17) is 4.42 Å².